The molecule has 0 saturated heterocycles. The van der Waals surface area contributed by atoms with E-state index < -0.39 is 0 Å². The summed E-state index contributed by atoms with van der Waals surface area (Å²) < 4.78 is 0. The van der Waals surface area contributed by atoms with Crippen LogP contribution in [0.4, 0.5) is 5.69 Å². The number of aryl methyl sites for hydroxylation is 1. The maximum absolute atomic E-state index is 4.46. The van der Waals surface area contributed by atoms with E-state index >= 15 is 0 Å². The normalized spacial score (nSPS) is 18.6. The van der Waals surface area contributed by atoms with Crippen molar-refractivity contribution >= 4 is 5.69 Å². The minimum Gasteiger partial charge on any atom is -0.280 e. The molecule has 1 aliphatic rings. The number of rotatable bonds is 1. The fraction of sp³-hybridized carbons (Fsp3) is 0.438. The summed E-state index contributed by atoms with van der Waals surface area (Å²) in [6.45, 7) is 6.69. The molecule has 1 N–H and O–H groups in total. The molecule has 0 aliphatic carbocycles. The van der Waals surface area contributed by atoms with Gasteiger partial charge in [-0.25, -0.2) is 0 Å². The van der Waals surface area contributed by atoms with Crippen LogP contribution in [0.3, 0.4) is 0 Å². The Morgan fingerprint density at radius 1 is 1.15 bits per heavy atom. The second-order valence-electron chi connectivity index (χ2n) is 6.38. The van der Waals surface area contributed by atoms with Crippen molar-refractivity contribution in [2.24, 2.45) is 10.2 Å². The molecule has 1 aromatic heterocycles. The number of aromatic amines is 1. The van der Waals surface area contributed by atoms with Crippen LogP contribution in [0.15, 0.2) is 40.7 Å². The molecule has 2 aromatic rings. The highest BCUT2D eigenvalue weighted by Gasteiger charge is 2.18. The lowest BCUT2D eigenvalue weighted by molar-refractivity contribution is 0.587. The van der Waals surface area contributed by atoms with Crippen molar-refractivity contribution in [1.82, 2.24) is 10.2 Å². The molecular formula is C16H20N4. The first-order chi connectivity index (χ1) is 9.54. The zero-order chi connectivity index (χ0) is 14.2. The number of benzene rings is 1. The van der Waals surface area contributed by atoms with E-state index in [9.17, 15) is 0 Å². The number of nitrogens with one attached hydrogen (secondary N) is 1. The summed E-state index contributed by atoms with van der Waals surface area (Å²) in [5.74, 6) is 0. The van der Waals surface area contributed by atoms with Gasteiger partial charge in [0.05, 0.1) is 17.9 Å². The lowest BCUT2D eigenvalue weighted by Gasteiger charge is -2.20. The number of nitrogens with zero attached hydrogens (tertiary/aromatic N) is 3. The summed E-state index contributed by atoms with van der Waals surface area (Å²) in [4.78, 5) is 0. The Morgan fingerprint density at radius 2 is 1.90 bits per heavy atom. The Hall–Kier alpha value is -1.97. The maximum atomic E-state index is 4.46. The highest BCUT2D eigenvalue weighted by molar-refractivity contribution is 5.40. The van der Waals surface area contributed by atoms with Crippen molar-refractivity contribution in [1.29, 1.82) is 0 Å². The Bertz CT molecular complexity index is 617. The summed E-state index contributed by atoms with van der Waals surface area (Å²) in [5.41, 5.74) is 4.73. The van der Waals surface area contributed by atoms with Crippen LogP contribution < -0.4 is 0 Å². The van der Waals surface area contributed by atoms with Gasteiger partial charge < -0.3 is 0 Å². The third-order valence-corrected chi connectivity index (χ3v) is 3.83. The van der Waals surface area contributed by atoms with E-state index in [4.69, 9.17) is 0 Å². The molecule has 20 heavy (non-hydrogen) atoms. The first-order valence-electron chi connectivity index (χ1n) is 7.07. The zero-order valence-corrected chi connectivity index (χ0v) is 12.2. The second-order valence-corrected chi connectivity index (χ2v) is 6.38. The van der Waals surface area contributed by atoms with E-state index in [-0.39, 0.29) is 11.5 Å². The van der Waals surface area contributed by atoms with Gasteiger partial charge >= 0.3 is 0 Å². The average molecular weight is 268 g/mol. The molecule has 4 heteroatoms. The highest BCUT2D eigenvalue weighted by Crippen LogP contribution is 2.32. The minimum atomic E-state index is 0.143. The van der Waals surface area contributed by atoms with Crippen LogP contribution in [0.2, 0.25) is 0 Å². The van der Waals surface area contributed by atoms with Crippen molar-refractivity contribution in [2.75, 3.05) is 0 Å². The van der Waals surface area contributed by atoms with Crippen LogP contribution >= 0.6 is 0 Å². The van der Waals surface area contributed by atoms with E-state index in [1.54, 1.807) is 6.20 Å². The number of hydrogen-bond donors (Lipinski definition) is 1. The van der Waals surface area contributed by atoms with Crippen LogP contribution in [0, 0.1) is 0 Å². The molecule has 4 nitrogen and oxygen atoms in total. The second kappa shape index (κ2) is 4.85. The highest BCUT2D eigenvalue weighted by atomic mass is 15.2. The number of hydrogen-bond acceptors (Lipinski definition) is 3. The van der Waals surface area contributed by atoms with Crippen LogP contribution in [0.25, 0.3) is 0 Å². The third-order valence-electron chi connectivity index (χ3n) is 3.83. The SMILES string of the molecule is CC(C)(C)c1ccc(C2CCc3[nH]ncc3N=N2)cc1. The number of fused-ring (bicyclic) bond motifs is 1. The van der Waals surface area contributed by atoms with E-state index in [1.165, 1.54) is 11.1 Å². The first kappa shape index (κ1) is 13.0. The predicted molar refractivity (Wildman–Crippen MR) is 79.3 cm³/mol. The van der Waals surface area contributed by atoms with Gasteiger partial charge in [-0.2, -0.15) is 15.3 Å². The van der Waals surface area contributed by atoms with Gasteiger partial charge in [-0.05, 0) is 29.4 Å². The Morgan fingerprint density at radius 3 is 2.60 bits per heavy atom. The van der Waals surface area contributed by atoms with Gasteiger partial charge in [0.25, 0.3) is 0 Å². The topological polar surface area (TPSA) is 53.4 Å². The van der Waals surface area contributed by atoms with Crippen LogP contribution in [0.1, 0.15) is 50.1 Å². The van der Waals surface area contributed by atoms with E-state index in [0.29, 0.717) is 0 Å². The largest absolute Gasteiger partial charge is 0.280 e. The lowest BCUT2D eigenvalue weighted by Crippen LogP contribution is -2.11. The van der Waals surface area contributed by atoms with Gasteiger partial charge in [-0.3, -0.25) is 5.10 Å². The van der Waals surface area contributed by atoms with Crippen LogP contribution in [-0.2, 0) is 11.8 Å². The molecule has 0 amide bonds. The van der Waals surface area contributed by atoms with Crippen molar-refractivity contribution in [3.63, 3.8) is 0 Å². The minimum absolute atomic E-state index is 0.143. The monoisotopic (exact) mass is 268 g/mol. The van der Waals surface area contributed by atoms with Crippen molar-refractivity contribution in [3.05, 3.63) is 47.3 Å². The van der Waals surface area contributed by atoms with Crippen LogP contribution in [-0.4, -0.2) is 10.2 Å². The fourth-order valence-corrected chi connectivity index (χ4v) is 2.49. The van der Waals surface area contributed by atoms with Gasteiger partial charge in [-0.15, -0.1) is 0 Å². The maximum Gasteiger partial charge on any atom is 0.126 e. The van der Waals surface area contributed by atoms with Crippen LogP contribution in [0.5, 0.6) is 0 Å². The number of H-pyrrole nitrogens is 1. The predicted octanol–water partition coefficient (Wildman–Crippen LogP) is 4.48. The van der Waals surface area contributed by atoms with Gasteiger partial charge in [0.15, 0.2) is 0 Å². The Balaban J connectivity index is 1.82. The van der Waals surface area contributed by atoms with Crippen molar-refractivity contribution < 1.29 is 0 Å². The molecule has 1 unspecified atom stereocenters. The van der Waals surface area contributed by atoms with E-state index in [0.717, 1.165) is 24.2 Å². The zero-order valence-electron chi connectivity index (χ0n) is 12.2. The summed E-state index contributed by atoms with van der Waals surface area (Å²) in [6, 6.07) is 8.92. The Kier molecular flexibility index (Phi) is 3.16. The molecule has 0 radical (unpaired) electrons. The molecule has 0 bridgehead atoms. The van der Waals surface area contributed by atoms with Crippen molar-refractivity contribution in [3.8, 4) is 0 Å². The quantitative estimate of drug-likeness (QED) is 0.814. The lowest BCUT2D eigenvalue weighted by atomic mass is 9.86. The van der Waals surface area contributed by atoms with E-state index in [1.807, 2.05) is 0 Å². The first-order valence-corrected chi connectivity index (χ1v) is 7.07. The molecule has 1 aliphatic heterocycles. The molecule has 2 heterocycles. The average Bonchev–Trinajstić information content (AvgIpc) is 2.77. The molecule has 104 valence electrons. The Labute approximate surface area is 119 Å². The third kappa shape index (κ3) is 2.50. The van der Waals surface area contributed by atoms with Gasteiger partial charge in [0.2, 0.25) is 0 Å². The van der Waals surface area contributed by atoms with E-state index in [2.05, 4.69) is 65.5 Å². The summed E-state index contributed by atoms with van der Waals surface area (Å²) in [6.07, 6.45) is 3.64. The molecule has 0 saturated carbocycles. The van der Waals surface area contributed by atoms with Gasteiger partial charge in [0, 0.05) is 0 Å². The van der Waals surface area contributed by atoms with Gasteiger partial charge in [-0.1, -0.05) is 45.0 Å². The standard InChI is InChI=1S/C16H20N4/c1-16(2,3)12-6-4-11(5-7-12)13-8-9-14-15(20-19-13)10-17-18-14/h4-7,10,13H,8-9H2,1-3H3,(H,17,18). The molecular weight excluding hydrogens is 248 g/mol. The molecule has 1 atom stereocenters. The smallest absolute Gasteiger partial charge is 0.126 e. The molecule has 0 spiro atoms. The van der Waals surface area contributed by atoms with Gasteiger partial charge in [0.1, 0.15) is 5.69 Å². The fourth-order valence-electron chi connectivity index (χ4n) is 2.49. The summed E-state index contributed by atoms with van der Waals surface area (Å²) >= 11 is 0. The number of azo groups is 1. The van der Waals surface area contributed by atoms with Crippen molar-refractivity contribution in [2.45, 2.75) is 45.1 Å². The summed E-state index contributed by atoms with van der Waals surface area (Å²) in [5, 5.41) is 15.8. The molecule has 3 rings (SSSR count). The number of aromatic nitrogens is 2. The summed E-state index contributed by atoms with van der Waals surface area (Å²) in [7, 11) is 0. The molecule has 1 aromatic carbocycles. The molecule has 0 fully saturated rings.